The van der Waals surface area contributed by atoms with Crippen molar-refractivity contribution >= 4 is 27.5 Å². The summed E-state index contributed by atoms with van der Waals surface area (Å²) in [7, 11) is 0. The minimum absolute atomic E-state index is 0.0742. The highest BCUT2D eigenvalue weighted by molar-refractivity contribution is 9.10. The van der Waals surface area contributed by atoms with Crippen molar-refractivity contribution in [3.8, 4) is 0 Å². The maximum atomic E-state index is 11.8. The van der Waals surface area contributed by atoms with E-state index in [1.807, 2.05) is 54.9 Å². The van der Waals surface area contributed by atoms with Gasteiger partial charge in [0, 0.05) is 21.5 Å². The Morgan fingerprint density at radius 3 is 2.26 bits per heavy atom. The number of anilines is 1. The number of nitrogens with one attached hydrogen (secondary N) is 2. The number of hydrogen-bond acceptors (Lipinski definition) is 2. The number of carbonyl (C=O) groups is 1. The Balaban J connectivity index is 1.90. The Labute approximate surface area is 120 Å². The van der Waals surface area contributed by atoms with Gasteiger partial charge in [-0.15, -0.1) is 0 Å². The van der Waals surface area contributed by atoms with Crippen molar-refractivity contribution in [1.82, 2.24) is 4.68 Å². The first-order chi connectivity index (χ1) is 9.06. The molecule has 100 valence electrons. The number of amides is 1. The Hall–Kier alpha value is -1.75. The van der Waals surface area contributed by atoms with Gasteiger partial charge in [-0.2, -0.15) is 0 Å². The molecule has 0 aliphatic heterocycles. The minimum Gasteiger partial charge on any atom is -0.325 e. The van der Waals surface area contributed by atoms with Crippen molar-refractivity contribution in [1.29, 1.82) is 0 Å². The van der Waals surface area contributed by atoms with Gasteiger partial charge in [0.2, 0.25) is 5.91 Å². The van der Waals surface area contributed by atoms with Crippen LogP contribution in [0.15, 0.2) is 40.9 Å². The Morgan fingerprint density at radius 1 is 1.11 bits per heavy atom. The highest BCUT2D eigenvalue weighted by Gasteiger charge is 2.04. The lowest BCUT2D eigenvalue weighted by Crippen LogP contribution is -2.28. The lowest BCUT2D eigenvalue weighted by Gasteiger charge is -2.12. The summed E-state index contributed by atoms with van der Waals surface area (Å²) in [6, 6.07) is 11.5. The molecule has 2 aromatic rings. The first-order valence-corrected chi connectivity index (χ1v) is 6.80. The van der Waals surface area contributed by atoms with Crippen LogP contribution in [0.2, 0.25) is 0 Å². The standard InChI is InChI=1S/C14H16BrN3O/c1-10-3-4-11(2)18(10)16-9-14(19)17-13-7-5-12(15)6-8-13/h3-8,16H,9H2,1-2H3,(H,17,19). The maximum absolute atomic E-state index is 11.8. The van der Waals surface area contributed by atoms with Crippen molar-refractivity contribution in [2.75, 3.05) is 17.3 Å². The van der Waals surface area contributed by atoms with Gasteiger partial charge in [0.15, 0.2) is 0 Å². The molecular formula is C14H16BrN3O. The largest absolute Gasteiger partial charge is 0.325 e. The first kappa shape index (κ1) is 13.7. The average molecular weight is 322 g/mol. The molecule has 0 aliphatic carbocycles. The van der Waals surface area contributed by atoms with Gasteiger partial charge < -0.3 is 10.7 Å². The van der Waals surface area contributed by atoms with E-state index in [0.29, 0.717) is 0 Å². The summed E-state index contributed by atoms with van der Waals surface area (Å²) in [6.07, 6.45) is 0. The zero-order chi connectivity index (χ0) is 13.8. The second-order valence-corrected chi connectivity index (χ2v) is 5.26. The average Bonchev–Trinajstić information content (AvgIpc) is 2.70. The van der Waals surface area contributed by atoms with Crippen molar-refractivity contribution < 1.29 is 4.79 Å². The molecule has 0 saturated heterocycles. The highest BCUT2D eigenvalue weighted by atomic mass is 79.9. The molecule has 2 N–H and O–H groups in total. The molecule has 0 saturated carbocycles. The molecule has 2 rings (SSSR count). The van der Waals surface area contributed by atoms with Crippen LogP contribution in [0.5, 0.6) is 0 Å². The second kappa shape index (κ2) is 5.93. The van der Waals surface area contributed by atoms with Crippen LogP contribution in [0.1, 0.15) is 11.4 Å². The van der Waals surface area contributed by atoms with E-state index in [2.05, 4.69) is 26.7 Å². The van der Waals surface area contributed by atoms with Gasteiger partial charge in [0.05, 0.1) is 0 Å². The van der Waals surface area contributed by atoms with Gasteiger partial charge in [-0.25, -0.2) is 0 Å². The third-order valence-electron chi connectivity index (χ3n) is 2.80. The lowest BCUT2D eigenvalue weighted by molar-refractivity contribution is -0.114. The predicted octanol–water partition coefficient (Wildman–Crippen LogP) is 3.05. The molecule has 0 fully saturated rings. The van der Waals surface area contributed by atoms with E-state index in [0.717, 1.165) is 21.5 Å². The van der Waals surface area contributed by atoms with Gasteiger partial charge >= 0.3 is 0 Å². The van der Waals surface area contributed by atoms with Crippen molar-refractivity contribution in [2.45, 2.75) is 13.8 Å². The molecule has 5 heteroatoms. The normalized spacial score (nSPS) is 10.3. The monoisotopic (exact) mass is 321 g/mol. The summed E-state index contributed by atoms with van der Waals surface area (Å²) < 4.78 is 2.89. The number of benzene rings is 1. The molecule has 1 aromatic heterocycles. The number of nitrogens with zero attached hydrogens (tertiary/aromatic N) is 1. The molecule has 0 atom stereocenters. The number of rotatable bonds is 4. The van der Waals surface area contributed by atoms with Crippen LogP contribution in [0, 0.1) is 13.8 Å². The van der Waals surface area contributed by atoms with Gasteiger partial charge in [0.25, 0.3) is 0 Å². The summed E-state index contributed by atoms with van der Waals surface area (Å²) in [5.41, 5.74) is 6.03. The zero-order valence-electron chi connectivity index (χ0n) is 10.9. The van der Waals surface area contributed by atoms with Crippen LogP contribution in [-0.4, -0.2) is 17.1 Å². The maximum Gasteiger partial charge on any atom is 0.245 e. The minimum atomic E-state index is -0.0742. The summed E-state index contributed by atoms with van der Waals surface area (Å²) in [6.45, 7) is 4.21. The fraction of sp³-hybridized carbons (Fsp3) is 0.214. The quantitative estimate of drug-likeness (QED) is 0.909. The van der Waals surface area contributed by atoms with Gasteiger partial charge in [-0.05, 0) is 50.2 Å². The van der Waals surface area contributed by atoms with Gasteiger partial charge in [-0.1, -0.05) is 15.9 Å². The molecule has 1 aromatic carbocycles. The van der Waals surface area contributed by atoms with Gasteiger partial charge in [0.1, 0.15) is 6.54 Å². The molecule has 4 nitrogen and oxygen atoms in total. The molecule has 0 bridgehead atoms. The van der Waals surface area contributed by atoms with E-state index in [1.165, 1.54) is 0 Å². The topological polar surface area (TPSA) is 46.1 Å². The molecule has 1 heterocycles. The van der Waals surface area contributed by atoms with Crippen LogP contribution in [0.25, 0.3) is 0 Å². The van der Waals surface area contributed by atoms with Crippen molar-refractivity contribution in [3.63, 3.8) is 0 Å². The van der Waals surface area contributed by atoms with E-state index in [-0.39, 0.29) is 12.5 Å². The number of hydrogen-bond donors (Lipinski definition) is 2. The summed E-state index contributed by atoms with van der Waals surface area (Å²) in [5, 5.41) is 2.83. The molecule has 1 amide bonds. The smallest absolute Gasteiger partial charge is 0.245 e. The van der Waals surface area contributed by atoms with E-state index in [1.54, 1.807) is 0 Å². The van der Waals surface area contributed by atoms with E-state index in [4.69, 9.17) is 0 Å². The number of halogens is 1. The Morgan fingerprint density at radius 2 is 1.68 bits per heavy atom. The second-order valence-electron chi connectivity index (χ2n) is 4.34. The molecule has 0 spiro atoms. The fourth-order valence-electron chi connectivity index (χ4n) is 1.81. The van der Waals surface area contributed by atoms with E-state index in [9.17, 15) is 4.79 Å². The predicted molar refractivity (Wildman–Crippen MR) is 80.9 cm³/mol. The van der Waals surface area contributed by atoms with E-state index >= 15 is 0 Å². The molecule has 0 aliphatic rings. The molecule has 0 unspecified atom stereocenters. The van der Waals surface area contributed by atoms with Crippen LogP contribution in [0.3, 0.4) is 0 Å². The highest BCUT2D eigenvalue weighted by Crippen LogP contribution is 2.13. The Kier molecular flexibility index (Phi) is 4.27. The number of aromatic nitrogens is 1. The third kappa shape index (κ3) is 3.61. The number of aryl methyl sites for hydroxylation is 2. The van der Waals surface area contributed by atoms with Crippen LogP contribution in [-0.2, 0) is 4.79 Å². The van der Waals surface area contributed by atoms with Crippen molar-refractivity contribution in [3.05, 3.63) is 52.3 Å². The fourth-order valence-corrected chi connectivity index (χ4v) is 2.07. The first-order valence-electron chi connectivity index (χ1n) is 6.00. The molecule has 19 heavy (non-hydrogen) atoms. The summed E-state index contributed by atoms with van der Waals surface area (Å²) in [5.74, 6) is -0.0742. The summed E-state index contributed by atoms with van der Waals surface area (Å²) in [4.78, 5) is 11.8. The van der Waals surface area contributed by atoms with Gasteiger partial charge in [-0.3, -0.25) is 9.47 Å². The van der Waals surface area contributed by atoms with Crippen LogP contribution >= 0.6 is 15.9 Å². The molecular weight excluding hydrogens is 306 g/mol. The SMILES string of the molecule is Cc1ccc(C)n1NCC(=O)Nc1ccc(Br)cc1. The summed E-state index contributed by atoms with van der Waals surface area (Å²) >= 11 is 3.36. The molecule has 0 radical (unpaired) electrons. The lowest BCUT2D eigenvalue weighted by atomic mass is 10.3. The third-order valence-corrected chi connectivity index (χ3v) is 3.33. The van der Waals surface area contributed by atoms with Crippen LogP contribution in [0.4, 0.5) is 5.69 Å². The zero-order valence-corrected chi connectivity index (χ0v) is 12.5. The number of carbonyl (C=O) groups excluding carboxylic acids is 1. The Bertz CT molecular complexity index is 555. The van der Waals surface area contributed by atoms with Crippen molar-refractivity contribution in [2.24, 2.45) is 0 Å². The van der Waals surface area contributed by atoms with E-state index < -0.39 is 0 Å². The van der Waals surface area contributed by atoms with Crippen LogP contribution < -0.4 is 10.7 Å².